The minimum absolute atomic E-state index is 0.0672. The lowest BCUT2D eigenvalue weighted by molar-refractivity contribution is 0.0356. The number of methoxy groups -OCH3 is 1. The van der Waals surface area contributed by atoms with Crippen LogP contribution in [0.2, 0.25) is 0 Å². The van der Waals surface area contributed by atoms with Crippen LogP contribution in [0, 0.1) is 6.92 Å². The van der Waals surface area contributed by atoms with Gasteiger partial charge in [0.2, 0.25) is 5.43 Å². The van der Waals surface area contributed by atoms with E-state index in [0.29, 0.717) is 11.3 Å². The number of pyridine rings is 1. The molecule has 5 nitrogen and oxygen atoms in total. The van der Waals surface area contributed by atoms with Gasteiger partial charge in [-0.05, 0) is 33.1 Å². The summed E-state index contributed by atoms with van der Waals surface area (Å²) in [4.78, 5) is 26.9. The summed E-state index contributed by atoms with van der Waals surface area (Å²) in [5, 5.41) is 0. The average molecular weight is 276 g/mol. The van der Waals surface area contributed by atoms with Gasteiger partial charge in [-0.3, -0.25) is 9.59 Å². The van der Waals surface area contributed by atoms with Crippen molar-refractivity contribution >= 4 is 5.91 Å². The highest BCUT2D eigenvalue weighted by atomic mass is 16.5. The second-order valence-corrected chi connectivity index (χ2v) is 5.82. The van der Waals surface area contributed by atoms with Gasteiger partial charge in [0.15, 0.2) is 11.4 Å². The van der Waals surface area contributed by atoms with Crippen LogP contribution in [0.5, 0.6) is 5.75 Å². The predicted octanol–water partition coefficient (Wildman–Crippen LogP) is 1.56. The lowest BCUT2D eigenvalue weighted by Gasteiger charge is -2.44. The Bertz CT molecular complexity index is 620. The number of amides is 1. The molecule has 1 fully saturated rings. The van der Waals surface area contributed by atoms with Crippen LogP contribution >= 0.6 is 0 Å². The highest BCUT2D eigenvalue weighted by molar-refractivity contribution is 5.96. The second-order valence-electron chi connectivity index (χ2n) is 5.82. The van der Waals surface area contributed by atoms with E-state index in [4.69, 9.17) is 4.74 Å². The third-order valence-corrected chi connectivity index (χ3v) is 4.49. The highest BCUT2D eigenvalue weighted by Crippen LogP contribution is 2.32. The van der Waals surface area contributed by atoms with E-state index in [9.17, 15) is 9.59 Å². The van der Waals surface area contributed by atoms with Gasteiger partial charge < -0.3 is 14.2 Å². The molecule has 3 rings (SSSR count). The molecule has 0 radical (unpaired) electrons. The number of hydrogen-bond acceptors (Lipinski definition) is 3. The molecule has 5 heteroatoms. The maximum Gasteiger partial charge on any atom is 0.275 e. The molecule has 1 saturated heterocycles. The Balaban J connectivity index is 2.18. The molecule has 2 aliphatic heterocycles. The van der Waals surface area contributed by atoms with E-state index in [2.05, 4.69) is 6.92 Å². The molecule has 0 N–H and O–H groups in total. The van der Waals surface area contributed by atoms with Crippen molar-refractivity contribution in [2.75, 3.05) is 7.11 Å². The van der Waals surface area contributed by atoms with Crippen LogP contribution in [-0.4, -0.2) is 34.6 Å². The smallest absolute Gasteiger partial charge is 0.275 e. The van der Waals surface area contributed by atoms with Gasteiger partial charge in [0, 0.05) is 24.3 Å². The van der Waals surface area contributed by atoms with Crippen molar-refractivity contribution < 1.29 is 9.53 Å². The van der Waals surface area contributed by atoms with Gasteiger partial charge in [-0.2, -0.15) is 0 Å². The maximum atomic E-state index is 12.8. The normalized spacial score (nSPS) is 25.1. The molecule has 0 aliphatic carbocycles. The van der Waals surface area contributed by atoms with Crippen molar-refractivity contribution in [1.82, 2.24) is 9.47 Å². The third-order valence-electron chi connectivity index (χ3n) is 4.49. The van der Waals surface area contributed by atoms with Crippen LogP contribution < -0.4 is 10.2 Å². The van der Waals surface area contributed by atoms with E-state index >= 15 is 0 Å². The lowest BCUT2D eigenvalue weighted by Crippen LogP contribution is -2.55. The van der Waals surface area contributed by atoms with E-state index in [1.54, 1.807) is 13.1 Å². The molecule has 0 aromatic carbocycles. The molecule has 2 atom stereocenters. The highest BCUT2D eigenvalue weighted by Gasteiger charge is 2.39. The number of rotatable bonds is 1. The maximum absolute atomic E-state index is 12.8. The van der Waals surface area contributed by atoms with E-state index < -0.39 is 0 Å². The Morgan fingerprint density at radius 1 is 1.30 bits per heavy atom. The first-order chi connectivity index (χ1) is 9.54. The van der Waals surface area contributed by atoms with Crippen LogP contribution in [0.15, 0.2) is 11.0 Å². The van der Waals surface area contributed by atoms with Crippen LogP contribution in [0.25, 0.3) is 0 Å². The Labute approximate surface area is 118 Å². The van der Waals surface area contributed by atoms with Crippen molar-refractivity contribution in [1.29, 1.82) is 0 Å². The number of nitrogens with zero attached hydrogens (tertiary/aromatic N) is 2. The molecule has 1 amide bonds. The van der Waals surface area contributed by atoms with E-state index in [0.717, 1.165) is 25.8 Å². The first-order valence-corrected chi connectivity index (χ1v) is 7.15. The van der Waals surface area contributed by atoms with Gasteiger partial charge in [0.1, 0.15) is 0 Å². The summed E-state index contributed by atoms with van der Waals surface area (Å²) in [6.45, 7) is 4.60. The first-order valence-electron chi connectivity index (χ1n) is 7.15. The fourth-order valence-electron chi connectivity index (χ4n) is 3.51. The number of piperidine rings is 1. The Morgan fingerprint density at radius 2 is 2.05 bits per heavy atom. The largest absolute Gasteiger partial charge is 0.491 e. The van der Waals surface area contributed by atoms with Gasteiger partial charge in [0.05, 0.1) is 13.2 Å². The molecule has 20 heavy (non-hydrogen) atoms. The Morgan fingerprint density at radius 3 is 2.75 bits per heavy atom. The molecular formula is C15H20N2O3. The van der Waals surface area contributed by atoms with E-state index in [1.165, 1.54) is 7.11 Å². The second kappa shape index (κ2) is 4.65. The number of hydrogen-bond donors (Lipinski definition) is 0. The molecule has 0 spiro atoms. The zero-order valence-electron chi connectivity index (χ0n) is 12.2. The molecule has 1 aromatic rings. The number of aryl methyl sites for hydroxylation is 1. The number of fused-ring (bicyclic) bond motifs is 2. The Kier molecular flexibility index (Phi) is 3.07. The van der Waals surface area contributed by atoms with Gasteiger partial charge >= 0.3 is 0 Å². The van der Waals surface area contributed by atoms with Gasteiger partial charge in [0.25, 0.3) is 5.91 Å². The van der Waals surface area contributed by atoms with E-state index in [1.807, 2.05) is 9.47 Å². The minimum atomic E-state index is -0.185. The van der Waals surface area contributed by atoms with Crippen molar-refractivity contribution in [3.8, 4) is 5.75 Å². The number of carbonyl (C=O) groups is 1. The number of aromatic nitrogens is 1. The minimum Gasteiger partial charge on any atom is -0.491 e. The van der Waals surface area contributed by atoms with Crippen molar-refractivity contribution in [3.05, 3.63) is 27.7 Å². The molecule has 2 aliphatic rings. The molecule has 0 bridgehead atoms. The van der Waals surface area contributed by atoms with E-state index in [-0.39, 0.29) is 29.2 Å². The lowest BCUT2D eigenvalue weighted by atomic mass is 9.93. The molecule has 0 saturated carbocycles. The average Bonchev–Trinajstić information content (AvgIpc) is 2.41. The van der Waals surface area contributed by atoms with Gasteiger partial charge in [-0.15, -0.1) is 0 Å². The summed E-state index contributed by atoms with van der Waals surface area (Å²) in [5.41, 5.74) is 0.846. The van der Waals surface area contributed by atoms with Crippen LogP contribution in [0.1, 0.15) is 42.2 Å². The standard InChI is InChI=1S/C15H20N2O3/c1-9-7-16-8-11-6-4-5-10(2)17(11)15(19)12(16)14(20-3)13(9)18/h7,10-11H,4-6,8H2,1-3H3. The Hall–Kier alpha value is -1.78. The van der Waals surface area contributed by atoms with Crippen molar-refractivity contribution in [2.45, 2.75) is 51.7 Å². The summed E-state index contributed by atoms with van der Waals surface area (Å²) < 4.78 is 7.13. The summed E-state index contributed by atoms with van der Waals surface area (Å²) in [7, 11) is 1.45. The van der Waals surface area contributed by atoms with Gasteiger partial charge in [-0.25, -0.2) is 0 Å². The van der Waals surface area contributed by atoms with Crippen LogP contribution in [0.4, 0.5) is 0 Å². The third kappa shape index (κ3) is 1.76. The SMILES string of the molecule is COc1c2n(cc(C)c1=O)CC1CCCC(C)N1C2=O. The van der Waals surface area contributed by atoms with Crippen molar-refractivity contribution in [3.63, 3.8) is 0 Å². The zero-order valence-corrected chi connectivity index (χ0v) is 12.2. The molecule has 3 heterocycles. The summed E-state index contributed by atoms with van der Waals surface area (Å²) in [6.07, 6.45) is 5.00. The monoisotopic (exact) mass is 276 g/mol. The molecular weight excluding hydrogens is 256 g/mol. The summed E-state index contributed by atoms with van der Waals surface area (Å²) >= 11 is 0. The topological polar surface area (TPSA) is 51.5 Å². The van der Waals surface area contributed by atoms with Gasteiger partial charge in [-0.1, -0.05) is 0 Å². The number of ether oxygens (including phenoxy) is 1. The molecule has 1 aromatic heterocycles. The summed E-state index contributed by atoms with van der Waals surface area (Å²) in [6, 6.07) is 0.474. The fourth-order valence-corrected chi connectivity index (χ4v) is 3.51. The quantitative estimate of drug-likeness (QED) is 0.782. The van der Waals surface area contributed by atoms with Crippen molar-refractivity contribution in [2.24, 2.45) is 0 Å². The number of carbonyl (C=O) groups excluding carboxylic acids is 1. The molecule has 108 valence electrons. The predicted molar refractivity (Wildman–Crippen MR) is 75.3 cm³/mol. The van der Waals surface area contributed by atoms with Crippen LogP contribution in [0.3, 0.4) is 0 Å². The first kappa shape index (κ1) is 13.2. The zero-order chi connectivity index (χ0) is 14.4. The summed E-state index contributed by atoms with van der Waals surface area (Å²) in [5.74, 6) is 0.119. The fraction of sp³-hybridized carbons (Fsp3) is 0.600. The van der Waals surface area contributed by atoms with Crippen LogP contribution in [-0.2, 0) is 6.54 Å². The molecule has 2 unspecified atom stereocenters.